The van der Waals surface area contributed by atoms with Gasteiger partial charge in [0.1, 0.15) is 9.96 Å². The summed E-state index contributed by atoms with van der Waals surface area (Å²) in [5, 5.41) is 5.78. The van der Waals surface area contributed by atoms with Crippen molar-refractivity contribution in [2.24, 2.45) is 0 Å². The van der Waals surface area contributed by atoms with Gasteiger partial charge in [-0.05, 0) is 43.5 Å². The minimum atomic E-state index is -3.62. The number of aromatic nitrogens is 2. The topological polar surface area (TPSA) is 94.3 Å². The van der Waals surface area contributed by atoms with Crippen molar-refractivity contribution in [1.82, 2.24) is 14.9 Å². The molecule has 3 aromatic rings. The van der Waals surface area contributed by atoms with Crippen LogP contribution in [0.1, 0.15) is 50.0 Å². The summed E-state index contributed by atoms with van der Waals surface area (Å²) in [6.45, 7) is 2.71. The number of benzene rings is 1. The van der Waals surface area contributed by atoms with Crippen molar-refractivity contribution in [2.75, 3.05) is 6.61 Å². The molecule has 2 heterocycles. The normalized spacial score (nSPS) is 15.1. The number of hydrogen-bond donors (Lipinski definition) is 1. The van der Waals surface area contributed by atoms with E-state index in [1.807, 2.05) is 31.2 Å². The largest absolute Gasteiger partial charge is 0.494 e. The summed E-state index contributed by atoms with van der Waals surface area (Å²) in [6.07, 6.45) is 4.51. The molecule has 1 aliphatic carbocycles. The molecule has 0 radical (unpaired) electrons. The zero-order chi connectivity index (χ0) is 20.3. The van der Waals surface area contributed by atoms with Gasteiger partial charge in [0.05, 0.1) is 6.61 Å². The van der Waals surface area contributed by atoms with E-state index in [4.69, 9.17) is 9.26 Å². The van der Waals surface area contributed by atoms with Gasteiger partial charge in [-0.1, -0.05) is 30.1 Å². The Bertz CT molecular complexity index is 1050. The summed E-state index contributed by atoms with van der Waals surface area (Å²) < 4.78 is 38.9. The maximum Gasteiger partial charge on any atom is 0.250 e. The lowest BCUT2D eigenvalue weighted by atomic mass is 10.1. The van der Waals surface area contributed by atoms with E-state index in [2.05, 4.69) is 14.9 Å². The van der Waals surface area contributed by atoms with Crippen LogP contribution < -0.4 is 9.46 Å². The van der Waals surface area contributed by atoms with Crippen LogP contribution >= 0.6 is 11.3 Å². The molecular formula is C20H23N3O4S2. The van der Waals surface area contributed by atoms with Crippen LogP contribution in [0.3, 0.4) is 0 Å². The van der Waals surface area contributed by atoms with E-state index in [0.717, 1.165) is 35.5 Å². The molecule has 1 aliphatic rings. The molecule has 4 rings (SSSR count). The van der Waals surface area contributed by atoms with E-state index in [1.54, 1.807) is 11.4 Å². The van der Waals surface area contributed by atoms with Gasteiger partial charge in [-0.25, -0.2) is 13.1 Å². The van der Waals surface area contributed by atoms with Crippen molar-refractivity contribution >= 4 is 21.4 Å². The summed E-state index contributed by atoms with van der Waals surface area (Å²) in [5.41, 5.74) is 1.51. The van der Waals surface area contributed by atoms with Gasteiger partial charge in [-0.3, -0.25) is 0 Å². The summed E-state index contributed by atoms with van der Waals surface area (Å²) in [6, 6.07) is 8.94. The molecule has 9 heteroatoms. The van der Waals surface area contributed by atoms with Crippen LogP contribution in [0.25, 0.3) is 11.4 Å². The van der Waals surface area contributed by atoms with E-state index in [9.17, 15) is 8.42 Å². The molecule has 0 saturated heterocycles. The Labute approximate surface area is 174 Å². The Morgan fingerprint density at radius 2 is 2.00 bits per heavy atom. The number of sulfonamides is 1. The van der Waals surface area contributed by atoms with Gasteiger partial charge >= 0.3 is 0 Å². The standard InChI is InChI=1S/C20H23N3O4S2/c1-2-26-17-9-7-14(8-10-17)12-21-29(24,25)18-11-16(13-28-18)19-22-20(27-23-19)15-5-3-4-6-15/h7-11,13,15,21H,2-6,12H2,1H3. The zero-order valence-electron chi connectivity index (χ0n) is 16.1. The summed E-state index contributed by atoms with van der Waals surface area (Å²) in [5.74, 6) is 2.19. The Kier molecular flexibility index (Phi) is 5.98. The molecular weight excluding hydrogens is 410 g/mol. The van der Waals surface area contributed by atoms with Gasteiger partial charge < -0.3 is 9.26 Å². The highest BCUT2D eigenvalue weighted by Gasteiger charge is 2.24. The van der Waals surface area contributed by atoms with Crippen molar-refractivity contribution in [1.29, 1.82) is 0 Å². The highest BCUT2D eigenvalue weighted by molar-refractivity contribution is 7.91. The van der Waals surface area contributed by atoms with Crippen molar-refractivity contribution < 1.29 is 17.7 Å². The first-order valence-electron chi connectivity index (χ1n) is 9.69. The van der Waals surface area contributed by atoms with E-state index in [-0.39, 0.29) is 10.8 Å². The number of nitrogens with zero attached hydrogens (tertiary/aromatic N) is 2. The second-order valence-electron chi connectivity index (χ2n) is 6.99. The molecule has 7 nitrogen and oxygen atoms in total. The lowest BCUT2D eigenvalue weighted by molar-refractivity contribution is 0.340. The summed E-state index contributed by atoms with van der Waals surface area (Å²) >= 11 is 1.14. The van der Waals surface area contributed by atoms with Crippen LogP contribution in [-0.4, -0.2) is 25.2 Å². The predicted molar refractivity (Wildman–Crippen MR) is 110 cm³/mol. The maximum atomic E-state index is 12.6. The summed E-state index contributed by atoms with van der Waals surface area (Å²) in [4.78, 5) is 4.48. The smallest absolute Gasteiger partial charge is 0.250 e. The van der Waals surface area contributed by atoms with Gasteiger partial charge in [-0.2, -0.15) is 4.98 Å². The SMILES string of the molecule is CCOc1ccc(CNS(=O)(=O)c2cc(-c3noc(C4CCCC4)n3)cs2)cc1. The molecule has 1 fully saturated rings. The highest BCUT2D eigenvalue weighted by atomic mass is 32.2. The molecule has 0 bridgehead atoms. The van der Waals surface area contributed by atoms with Crippen molar-refractivity contribution in [2.45, 2.75) is 49.3 Å². The van der Waals surface area contributed by atoms with Gasteiger partial charge in [0.25, 0.3) is 0 Å². The fraction of sp³-hybridized carbons (Fsp3) is 0.400. The molecule has 1 N–H and O–H groups in total. The molecule has 2 aromatic heterocycles. The van der Waals surface area contributed by atoms with Crippen LogP contribution in [0.15, 0.2) is 44.4 Å². The molecule has 29 heavy (non-hydrogen) atoms. The van der Waals surface area contributed by atoms with Gasteiger partial charge in [0.2, 0.25) is 21.7 Å². The molecule has 1 aromatic carbocycles. The predicted octanol–water partition coefficient (Wildman–Crippen LogP) is 4.33. The molecule has 1 saturated carbocycles. The third-order valence-corrected chi connectivity index (χ3v) is 7.79. The second kappa shape index (κ2) is 8.64. The van der Waals surface area contributed by atoms with Gasteiger partial charge in [0, 0.05) is 23.4 Å². The number of ether oxygens (including phenoxy) is 1. The maximum absolute atomic E-state index is 12.6. The zero-order valence-corrected chi connectivity index (χ0v) is 17.8. The Hall–Kier alpha value is -2.23. The Balaban J connectivity index is 1.42. The quantitative estimate of drug-likeness (QED) is 0.568. The molecule has 0 spiro atoms. The number of rotatable bonds is 8. The van der Waals surface area contributed by atoms with Crippen molar-refractivity contribution in [3.05, 3.63) is 47.2 Å². The van der Waals surface area contributed by atoms with Crippen molar-refractivity contribution in [3.63, 3.8) is 0 Å². The molecule has 0 amide bonds. The van der Waals surface area contributed by atoms with E-state index in [1.165, 1.54) is 12.8 Å². The fourth-order valence-electron chi connectivity index (χ4n) is 3.39. The molecule has 0 atom stereocenters. The van der Waals surface area contributed by atoms with Crippen LogP contribution in [0.4, 0.5) is 0 Å². The van der Waals surface area contributed by atoms with Crippen LogP contribution in [0, 0.1) is 0 Å². The van der Waals surface area contributed by atoms with Crippen LogP contribution in [0.2, 0.25) is 0 Å². The fourth-order valence-corrected chi connectivity index (χ4v) is 5.61. The number of hydrogen-bond acceptors (Lipinski definition) is 7. The van der Waals surface area contributed by atoms with Gasteiger partial charge in [-0.15, -0.1) is 11.3 Å². The third kappa shape index (κ3) is 4.68. The van der Waals surface area contributed by atoms with E-state index >= 15 is 0 Å². The first-order valence-corrected chi connectivity index (χ1v) is 12.1. The number of thiophene rings is 1. The third-order valence-electron chi connectivity index (χ3n) is 4.95. The monoisotopic (exact) mass is 433 g/mol. The first-order chi connectivity index (χ1) is 14.0. The second-order valence-corrected chi connectivity index (χ2v) is 9.90. The van der Waals surface area contributed by atoms with Crippen molar-refractivity contribution in [3.8, 4) is 17.1 Å². The Morgan fingerprint density at radius 3 is 2.72 bits per heavy atom. The molecule has 0 unspecified atom stereocenters. The lowest BCUT2D eigenvalue weighted by Crippen LogP contribution is -2.22. The lowest BCUT2D eigenvalue weighted by Gasteiger charge is -2.06. The first kappa shape index (κ1) is 20.1. The minimum absolute atomic E-state index is 0.204. The summed E-state index contributed by atoms with van der Waals surface area (Å²) in [7, 11) is -3.62. The van der Waals surface area contributed by atoms with Crippen LogP contribution in [-0.2, 0) is 16.6 Å². The molecule has 0 aliphatic heterocycles. The van der Waals surface area contributed by atoms with Crippen LogP contribution in [0.5, 0.6) is 5.75 Å². The van der Waals surface area contributed by atoms with E-state index in [0.29, 0.717) is 29.8 Å². The average Bonchev–Trinajstić information content (AvgIpc) is 3.48. The minimum Gasteiger partial charge on any atom is -0.494 e. The number of nitrogens with one attached hydrogen (secondary N) is 1. The molecule has 154 valence electrons. The highest BCUT2D eigenvalue weighted by Crippen LogP contribution is 2.34. The van der Waals surface area contributed by atoms with Gasteiger partial charge in [0.15, 0.2) is 0 Å². The Morgan fingerprint density at radius 1 is 1.24 bits per heavy atom. The average molecular weight is 434 g/mol. The van der Waals surface area contributed by atoms with E-state index < -0.39 is 10.0 Å².